The Bertz CT molecular complexity index is 863. The van der Waals surface area contributed by atoms with Crippen LogP contribution in [0.1, 0.15) is 12.5 Å². The fourth-order valence-corrected chi connectivity index (χ4v) is 2.37. The van der Waals surface area contributed by atoms with Gasteiger partial charge in [-0.1, -0.05) is 6.07 Å². The van der Waals surface area contributed by atoms with Crippen molar-refractivity contribution >= 4 is 23.6 Å². The zero-order valence-corrected chi connectivity index (χ0v) is 14.6. The number of fused-ring (bicyclic) bond motifs is 1. The minimum Gasteiger partial charge on any atom is -0.486 e. The molecule has 0 saturated carbocycles. The molecule has 0 unspecified atom stereocenters. The monoisotopic (exact) mass is 371 g/mol. The Balaban J connectivity index is 1.54. The summed E-state index contributed by atoms with van der Waals surface area (Å²) in [4.78, 5) is 24.0. The normalized spacial score (nSPS) is 13.9. The van der Waals surface area contributed by atoms with E-state index in [1.54, 1.807) is 24.3 Å². The third-order valence-corrected chi connectivity index (χ3v) is 3.75. The highest BCUT2D eigenvalue weighted by molar-refractivity contribution is 5.96. The van der Waals surface area contributed by atoms with Crippen LogP contribution in [0.25, 0.3) is 6.08 Å². The number of carbonyl (C=O) groups excluding carboxylic acids is 2. The van der Waals surface area contributed by atoms with Crippen LogP contribution in [0.3, 0.4) is 0 Å². The van der Waals surface area contributed by atoms with E-state index >= 15 is 0 Å². The highest BCUT2D eigenvalue weighted by Crippen LogP contribution is 2.31. The van der Waals surface area contributed by atoms with Gasteiger partial charge in [-0.15, -0.1) is 0 Å². The van der Waals surface area contributed by atoms with Gasteiger partial charge in [0, 0.05) is 11.8 Å². The minimum atomic E-state index is -1.01. The molecule has 6 nitrogen and oxygen atoms in total. The van der Waals surface area contributed by atoms with Crippen molar-refractivity contribution < 1.29 is 28.2 Å². The number of amides is 1. The summed E-state index contributed by atoms with van der Waals surface area (Å²) in [5.41, 5.74) is 1.15. The lowest BCUT2D eigenvalue weighted by molar-refractivity contribution is -0.148. The highest BCUT2D eigenvalue weighted by Gasteiger charge is 2.17. The molecule has 0 bridgehead atoms. The van der Waals surface area contributed by atoms with Crippen LogP contribution in [-0.2, 0) is 14.3 Å². The molecule has 27 heavy (non-hydrogen) atoms. The number of halogens is 1. The molecule has 0 aromatic heterocycles. The highest BCUT2D eigenvalue weighted by atomic mass is 19.1. The van der Waals surface area contributed by atoms with Crippen LogP contribution in [-0.4, -0.2) is 31.2 Å². The Labute approximate surface area is 155 Å². The Morgan fingerprint density at radius 1 is 1.11 bits per heavy atom. The van der Waals surface area contributed by atoms with Crippen molar-refractivity contribution in [1.82, 2.24) is 0 Å². The van der Waals surface area contributed by atoms with E-state index < -0.39 is 23.8 Å². The molecule has 1 N–H and O–H groups in total. The van der Waals surface area contributed by atoms with Crippen molar-refractivity contribution in [2.75, 3.05) is 18.5 Å². The molecule has 0 radical (unpaired) electrons. The Morgan fingerprint density at radius 2 is 1.81 bits per heavy atom. The molecule has 7 heteroatoms. The maximum atomic E-state index is 12.9. The number of esters is 1. The van der Waals surface area contributed by atoms with Crippen LogP contribution < -0.4 is 14.8 Å². The number of carbonyl (C=O) groups is 2. The second-order valence-electron chi connectivity index (χ2n) is 5.81. The summed E-state index contributed by atoms with van der Waals surface area (Å²) >= 11 is 0. The number of benzene rings is 2. The van der Waals surface area contributed by atoms with Gasteiger partial charge in [0.1, 0.15) is 19.0 Å². The van der Waals surface area contributed by atoms with Gasteiger partial charge in [-0.05, 0) is 55.0 Å². The van der Waals surface area contributed by atoms with Crippen molar-refractivity contribution in [2.24, 2.45) is 0 Å². The molecule has 0 spiro atoms. The SMILES string of the molecule is C[C@@H](OC(=O)/C=C/c1ccc2c(c1)OCCO2)C(=O)Nc1ccc(F)cc1. The lowest BCUT2D eigenvalue weighted by Gasteiger charge is -2.18. The van der Waals surface area contributed by atoms with Gasteiger partial charge < -0.3 is 19.5 Å². The van der Waals surface area contributed by atoms with Gasteiger partial charge >= 0.3 is 5.97 Å². The first-order chi connectivity index (χ1) is 13.0. The molecule has 0 aliphatic carbocycles. The fraction of sp³-hybridized carbons (Fsp3) is 0.200. The van der Waals surface area contributed by atoms with E-state index in [0.717, 1.165) is 5.56 Å². The Morgan fingerprint density at radius 3 is 2.56 bits per heavy atom. The predicted molar refractivity (Wildman–Crippen MR) is 97.0 cm³/mol. The average molecular weight is 371 g/mol. The van der Waals surface area contributed by atoms with E-state index in [2.05, 4.69) is 5.32 Å². The smallest absolute Gasteiger partial charge is 0.331 e. The number of rotatable bonds is 5. The van der Waals surface area contributed by atoms with Gasteiger partial charge in [0.15, 0.2) is 17.6 Å². The van der Waals surface area contributed by atoms with E-state index in [0.29, 0.717) is 30.4 Å². The van der Waals surface area contributed by atoms with Crippen LogP contribution in [0.4, 0.5) is 10.1 Å². The van der Waals surface area contributed by atoms with Crippen LogP contribution in [0.5, 0.6) is 11.5 Å². The van der Waals surface area contributed by atoms with Gasteiger partial charge in [-0.2, -0.15) is 0 Å². The van der Waals surface area contributed by atoms with Crippen molar-refractivity contribution in [3.63, 3.8) is 0 Å². The molecule has 1 amide bonds. The molecule has 140 valence electrons. The summed E-state index contributed by atoms with van der Waals surface area (Å²) in [7, 11) is 0. The second-order valence-corrected chi connectivity index (χ2v) is 5.81. The number of hydrogen-bond donors (Lipinski definition) is 1. The first kappa shape index (κ1) is 18.4. The molecular weight excluding hydrogens is 353 g/mol. The fourth-order valence-electron chi connectivity index (χ4n) is 2.37. The summed E-state index contributed by atoms with van der Waals surface area (Å²) in [5.74, 6) is -0.304. The molecule has 1 atom stereocenters. The lowest BCUT2D eigenvalue weighted by atomic mass is 10.2. The van der Waals surface area contributed by atoms with Gasteiger partial charge in [0.2, 0.25) is 0 Å². The first-order valence-electron chi connectivity index (χ1n) is 8.36. The predicted octanol–water partition coefficient (Wildman–Crippen LogP) is 3.18. The molecule has 1 heterocycles. The molecule has 1 aliphatic heterocycles. The van der Waals surface area contributed by atoms with Gasteiger partial charge in [-0.25, -0.2) is 9.18 Å². The number of anilines is 1. The lowest BCUT2D eigenvalue weighted by Crippen LogP contribution is -2.29. The zero-order chi connectivity index (χ0) is 19.2. The standard InChI is InChI=1S/C20H18FNO5/c1-13(20(24)22-16-6-4-15(21)5-7-16)27-19(23)9-3-14-2-8-17-18(12-14)26-11-10-25-17/h2-9,12-13H,10-11H2,1H3,(H,22,24)/b9-3+/t13-/m1/s1. The molecule has 1 aliphatic rings. The van der Waals surface area contributed by atoms with Crippen molar-refractivity contribution in [3.8, 4) is 11.5 Å². The Hall–Kier alpha value is -3.35. The van der Waals surface area contributed by atoms with Gasteiger partial charge in [0.25, 0.3) is 5.91 Å². The third-order valence-electron chi connectivity index (χ3n) is 3.75. The molecule has 2 aromatic carbocycles. The number of nitrogens with one attached hydrogen (secondary N) is 1. The number of hydrogen-bond acceptors (Lipinski definition) is 5. The van der Waals surface area contributed by atoms with Crippen LogP contribution in [0, 0.1) is 5.82 Å². The van der Waals surface area contributed by atoms with Crippen molar-refractivity contribution in [1.29, 1.82) is 0 Å². The van der Waals surface area contributed by atoms with E-state index in [-0.39, 0.29) is 0 Å². The molecule has 0 fully saturated rings. The molecular formula is C20H18FNO5. The van der Waals surface area contributed by atoms with Gasteiger partial charge in [0.05, 0.1) is 0 Å². The zero-order valence-electron chi connectivity index (χ0n) is 14.6. The van der Waals surface area contributed by atoms with Crippen LogP contribution in [0.2, 0.25) is 0 Å². The first-order valence-corrected chi connectivity index (χ1v) is 8.36. The summed E-state index contributed by atoms with van der Waals surface area (Å²) in [6.45, 7) is 2.43. The maximum Gasteiger partial charge on any atom is 0.331 e. The topological polar surface area (TPSA) is 73.9 Å². The van der Waals surface area contributed by atoms with Crippen LogP contribution in [0.15, 0.2) is 48.5 Å². The number of ether oxygens (including phenoxy) is 3. The molecule has 0 saturated heterocycles. The van der Waals surface area contributed by atoms with E-state index in [4.69, 9.17) is 14.2 Å². The largest absolute Gasteiger partial charge is 0.486 e. The summed E-state index contributed by atoms with van der Waals surface area (Å²) in [5, 5.41) is 2.54. The van der Waals surface area contributed by atoms with Crippen molar-refractivity contribution in [2.45, 2.75) is 13.0 Å². The summed E-state index contributed by atoms with van der Waals surface area (Å²) < 4.78 is 28.9. The van der Waals surface area contributed by atoms with Crippen molar-refractivity contribution in [3.05, 3.63) is 59.9 Å². The second kappa shape index (κ2) is 8.35. The molecule has 2 aromatic rings. The quantitative estimate of drug-likeness (QED) is 0.646. The minimum absolute atomic E-state index is 0.406. The van der Waals surface area contributed by atoms with E-state index in [1.807, 2.05) is 0 Å². The van der Waals surface area contributed by atoms with Gasteiger partial charge in [-0.3, -0.25) is 4.79 Å². The third kappa shape index (κ3) is 5.07. The van der Waals surface area contributed by atoms with E-state index in [1.165, 1.54) is 37.3 Å². The summed E-state index contributed by atoms with van der Waals surface area (Å²) in [6.07, 6.45) is 1.78. The molecule has 3 rings (SSSR count). The average Bonchev–Trinajstić information content (AvgIpc) is 2.68. The van der Waals surface area contributed by atoms with Crippen LogP contribution >= 0.6 is 0 Å². The maximum absolute atomic E-state index is 12.9. The summed E-state index contributed by atoms with van der Waals surface area (Å²) in [6, 6.07) is 10.6. The van der Waals surface area contributed by atoms with E-state index in [9.17, 15) is 14.0 Å². The Kier molecular flexibility index (Phi) is 5.71.